The van der Waals surface area contributed by atoms with E-state index >= 15 is 0 Å². The largest absolute Gasteiger partial charge is 0.381 e. The van der Waals surface area contributed by atoms with E-state index in [1.807, 2.05) is 0 Å². The Morgan fingerprint density at radius 3 is 2.86 bits per heavy atom. The Balaban J connectivity index is 2.17. The van der Waals surface area contributed by atoms with Crippen LogP contribution in [-0.4, -0.2) is 31.2 Å². The fourth-order valence-corrected chi connectivity index (χ4v) is 2.61. The molecule has 2 rings (SSSR count). The van der Waals surface area contributed by atoms with Crippen LogP contribution in [-0.2, 0) is 11.3 Å². The summed E-state index contributed by atoms with van der Waals surface area (Å²) in [6.45, 7) is 5.82. The first-order chi connectivity index (χ1) is 10.1. The lowest BCUT2D eigenvalue weighted by Crippen LogP contribution is -2.23. The van der Waals surface area contributed by atoms with E-state index in [4.69, 9.17) is 9.72 Å². The summed E-state index contributed by atoms with van der Waals surface area (Å²) in [6.07, 6.45) is -0.337. The molecule has 1 fully saturated rings. The van der Waals surface area contributed by atoms with Crippen molar-refractivity contribution < 1.29 is 13.5 Å². The number of ether oxygens (including phenoxy) is 1. The van der Waals surface area contributed by atoms with Crippen LogP contribution in [0.15, 0.2) is 12.1 Å². The van der Waals surface area contributed by atoms with Crippen molar-refractivity contribution in [1.82, 2.24) is 10.3 Å². The first-order valence-corrected chi connectivity index (χ1v) is 7.68. The van der Waals surface area contributed by atoms with Crippen LogP contribution in [0.2, 0.25) is 0 Å². The second kappa shape index (κ2) is 7.80. The molecule has 0 bridgehead atoms. The number of hydrogen-bond donors (Lipinski definition) is 1. The summed E-state index contributed by atoms with van der Waals surface area (Å²) in [5, 5.41) is 2.80. The summed E-state index contributed by atoms with van der Waals surface area (Å²) in [6, 6.07) is 4.17. The van der Waals surface area contributed by atoms with Crippen molar-refractivity contribution in [1.29, 1.82) is 0 Å². The Morgan fingerprint density at radius 2 is 2.24 bits per heavy atom. The molecule has 0 aromatic carbocycles. The number of halogens is 2. The van der Waals surface area contributed by atoms with Crippen LogP contribution >= 0.6 is 0 Å². The first-order valence-electron chi connectivity index (χ1n) is 7.68. The molecular formula is C16H24F2N2O. The van der Waals surface area contributed by atoms with Crippen LogP contribution in [0.5, 0.6) is 0 Å². The van der Waals surface area contributed by atoms with Gasteiger partial charge in [0.05, 0.1) is 18.8 Å². The monoisotopic (exact) mass is 298 g/mol. The predicted molar refractivity (Wildman–Crippen MR) is 78.8 cm³/mol. The molecule has 2 heterocycles. The molecule has 21 heavy (non-hydrogen) atoms. The van der Waals surface area contributed by atoms with Crippen molar-refractivity contribution >= 4 is 0 Å². The number of pyridine rings is 1. The third kappa shape index (κ3) is 4.45. The van der Waals surface area contributed by atoms with Crippen LogP contribution in [0.25, 0.3) is 0 Å². The molecule has 1 aliphatic rings. The summed E-state index contributed by atoms with van der Waals surface area (Å²) in [5.41, 5.74) is 3.07. The second-order valence-electron chi connectivity index (χ2n) is 5.66. The maximum absolute atomic E-state index is 12.3. The van der Waals surface area contributed by atoms with Gasteiger partial charge in [0.1, 0.15) is 0 Å². The van der Waals surface area contributed by atoms with Crippen LogP contribution in [0, 0.1) is 0 Å². The van der Waals surface area contributed by atoms with E-state index in [1.54, 1.807) is 0 Å². The normalized spacial score (nSPS) is 20.1. The quantitative estimate of drug-likeness (QED) is 0.837. The standard InChI is InChI=1S/C16H24F2N2O/c1-3-11(2)14-5-4-13(12-6-7-21-10-12)15(20-14)8-19-9-16(17)18/h4-5,11-12,16,19H,3,6-10H2,1-2H3. The van der Waals surface area contributed by atoms with Crippen molar-refractivity contribution in [2.45, 2.75) is 51.5 Å². The molecule has 2 atom stereocenters. The highest BCUT2D eigenvalue weighted by Crippen LogP contribution is 2.29. The zero-order valence-electron chi connectivity index (χ0n) is 12.7. The molecule has 0 radical (unpaired) electrons. The van der Waals surface area contributed by atoms with Crippen LogP contribution in [0.4, 0.5) is 8.78 Å². The molecule has 0 aliphatic carbocycles. The lowest BCUT2D eigenvalue weighted by atomic mass is 9.94. The van der Waals surface area contributed by atoms with E-state index < -0.39 is 6.43 Å². The van der Waals surface area contributed by atoms with Crippen molar-refractivity contribution in [2.75, 3.05) is 19.8 Å². The number of rotatable bonds is 7. The van der Waals surface area contributed by atoms with Crippen molar-refractivity contribution in [3.8, 4) is 0 Å². The fraction of sp³-hybridized carbons (Fsp3) is 0.688. The third-order valence-electron chi connectivity index (χ3n) is 4.11. The van der Waals surface area contributed by atoms with Gasteiger partial charge in [-0.3, -0.25) is 4.98 Å². The van der Waals surface area contributed by atoms with Gasteiger partial charge in [-0.25, -0.2) is 8.78 Å². The second-order valence-corrected chi connectivity index (χ2v) is 5.66. The zero-order chi connectivity index (χ0) is 15.2. The Kier molecular flexibility index (Phi) is 6.06. The molecule has 1 aromatic heterocycles. The van der Waals surface area contributed by atoms with Gasteiger partial charge in [0.25, 0.3) is 6.43 Å². The maximum atomic E-state index is 12.3. The van der Waals surface area contributed by atoms with Crippen LogP contribution < -0.4 is 5.32 Å². The smallest absolute Gasteiger partial charge is 0.250 e. The topological polar surface area (TPSA) is 34.1 Å². The molecule has 2 unspecified atom stereocenters. The molecular weight excluding hydrogens is 274 g/mol. The molecule has 1 aromatic rings. The van der Waals surface area contributed by atoms with Gasteiger partial charge in [-0.1, -0.05) is 19.9 Å². The van der Waals surface area contributed by atoms with Crippen molar-refractivity contribution in [3.05, 3.63) is 29.1 Å². The van der Waals surface area contributed by atoms with Gasteiger partial charge in [-0.05, 0) is 30.4 Å². The molecule has 1 N–H and O–H groups in total. The number of aromatic nitrogens is 1. The number of hydrogen-bond acceptors (Lipinski definition) is 3. The highest BCUT2D eigenvalue weighted by atomic mass is 19.3. The lowest BCUT2D eigenvalue weighted by molar-refractivity contribution is 0.145. The minimum atomic E-state index is -2.33. The van der Waals surface area contributed by atoms with E-state index in [2.05, 4.69) is 31.3 Å². The minimum Gasteiger partial charge on any atom is -0.381 e. The van der Waals surface area contributed by atoms with Gasteiger partial charge in [0, 0.05) is 24.8 Å². The van der Waals surface area contributed by atoms with Gasteiger partial charge in [0.15, 0.2) is 0 Å². The van der Waals surface area contributed by atoms with Gasteiger partial charge >= 0.3 is 0 Å². The van der Waals surface area contributed by atoms with E-state index in [9.17, 15) is 8.78 Å². The molecule has 118 valence electrons. The van der Waals surface area contributed by atoms with Crippen LogP contribution in [0.3, 0.4) is 0 Å². The average Bonchev–Trinajstić information content (AvgIpc) is 3.00. The number of alkyl halides is 2. The van der Waals surface area contributed by atoms with Gasteiger partial charge in [0.2, 0.25) is 0 Å². The summed E-state index contributed by atoms with van der Waals surface area (Å²) in [7, 11) is 0. The predicted octanol–water partition coefficient (Wildman–Crippen LogP) is 3.45. The van der Waals surface area contributed by atoms with E-state index in [0.717, 1.165) is 36.4 Å². The maximum Gasteiger partial charge on any atom is 0.250 e. The summed E-state index contributed by atoms with van der Waals surface area (Å²) >= 11 is 0. The Labute approximate surface area is 125 Å². The molecule has 1 saturated heterocycles. The summed E-state index contributed by atoms with van der Waals surface area (Å²) in [5.74, 6) is 0.722. The summed E-state index contributed by atoms with van der Waals surface area (Å²) < 4.78 is 30.0. The van der Waals surface area contributed by atoms with E-state index in [1.165, 1.54) is 0 Å². The molecule has 0 amide bonds. The number of nitrogens with zero attached hydrogens (tertiary/aromatic N) is 1. The van der Waals surface area contributed by atoms with Gasteiger partial charge in [-0.15, -0.1) is 0 Å². The van der Waals surface area contributed by atoms with Crippen molar-refractivity contribution in [2.24, 2.45) is 0 Å². The Hall–Kier alpha value is -1.07. The average molecular weight is 298 g/mol. The lowest BCUT2D eigenvalue weighted by Gasteiger charge is -2.17. The molecule has 1 aliphatic heterocycles. The Morgan fingerprint density at radius 1 is 1.43 bits per heavy atom. The van der Waals surface area contributed by atoms with E-state index in [0.29, 0.717) is 25.0 Å². The zero-order valence-corrected chi connectivity index (χ0v) is 12.7. The SMILES string of the molecule is CCC(C)c1ccc(C2CCOC2)c(CNCC(F)F)n1. The van der Waals surface area contributed by atoms with Gasteiger partial charge < -0.3 is 10.1 Å². The van der Waals surface area contributed by atoms with Gasteiger partial charge in [-0.2, -0.15) is 0 Å². The highest BCUT2D eigenvalue weighted by Gasteiger charge is 2.22. The summed E-state index contributed by atoms with van der Waals surface area (Å²) in [4.78, 5) is 4.72. The number of nitrogens with one attached hydrogen (secondary N) is 1. The van der Waals surface area contributed by atoms with Crippen molar-refractivity contribution in [3.63, 3.8) is 0 Å². The Bertz CT molecular complexity index is 448. The minimum absolute atomic E-state index is 0.296. The van der Waals surface area contributed by atoms with E-state index in [-0.39, 0.29) is 6.54 Å². The highest BCUT2D eigenvalue weighted by molar-refractivity contribution is 5.28. The third-order valence-corrected chi connectivity index (χ3v) is 4.11. The molecule has 0 spiro atoms. The molecule has 5 heteroatoms. The molecule has 0 saturated carbocycles. The first kappa shape index (κ1) is 16.3. The molecule has 3 nitrogen and oxygen atoms in total. The fourth-order valence-electron chi connectivity index (χ4n) is 2.61. The van der Waals surface area contributed by atoms with Crippen LogP contribution in [0.1, 0.15) is 55.5 Å².